The maximum absolute atomic E-state index is 13.7. The van der Waals surface area contributed by atoms with Crippen molar-refractivity contribution < 1.29 is 38.4 Å². The summed E-state index contributed by atoms with van der Waals surface area (Å²) in [5.74, 6) is -0.885. The van der Waals surface area contributed by atoms with Crippen LogP contribution in [-0.4, -0.2) is 48.6 Å². The van der Waals surface area contributed by atoms with E-state index in [9.17, 15) is 19.5 Å². The van der Waals surface area contributed by atoms with E-state index in [1.165, 1.54) is 19.1 Å². The number of rotatable bonds is 12. The summed E-state index contributed by atoms with van der Waals surface area (Å²) in [5.41, 5.74) is 3.13. The summed E-state index contributed by atoms with van der Waals surface area (Å²) in [6, 6.07) is 18.6. The average molecular weight is 671 g/mol. The van der Waals surface area contributed by atoms with Crippen LogP contribution in [0.5, 0.6) is 17.2 Å². The lowest BCUT2D eigenvalue weighted by Crippen LogP contribution is -2.29. The highest BCUT2D eigenvalue weighted by atomic mass is 32.1. The Morgan fingerprint density at radius 3 is 2.38 bits per heavy atom. The number of benzene rings is 3. The van der Waals surface area contributed by atoms with Crippen LogP contribution < -0.4 is 19.1 Å². The fraction of sp³-hybridized carbons (Fsp3) is 0.297. The number of nitrogens with zero attached hydrogens (tertiary/aromatic N) is 2. The van der Waals surface area contributed by atoms with Crippen LogP contribution in [0.3, 0.4) is 0 Å². The molecule has 1 atom stereocenters. The second-order valence-corrected chi connectivity index (χ2v) is 12.7. The summed E-state index contributed by atoms with van der Waals surface area (Å²) in [5, 5.41) is 11.8. The molecule has 0 radical (unpaired) electrons. The van der Waals surface area contributed by atoms with Gasteiger partial charge in [0.05, 0.1) is 38.1 Å². The Hall–Kier alpha value is -5.16. The minimum atomic E-state index is -1.10. The van der Waals surface area contributed by atoms with E-state index in [1.54, 1.807) is 49.4 Å². The summed E-state index contributed by atoms with van der Waals surface area (Å²) in [4.78, 5) is 45.8. The first-order valence-electron chi connectivity index (χ1n) is 15.5. The summed E-state index contributed by atoms with van der Waals surface area (Å²) < 4.78 is 22.5. The van der Waals surface area contributed by atoms with Gasteiger partial charge in [-0.3, -0.25) is 14.5 Å². The molecule has 1 aromatic heterocycles. The Kier molecular flexibility index (Phi) is 10.5. The molecule has 0 saturated carbocycles. The van der Waals surface area contributed by atoms with Crippen molar-refractivity contribution in [3.8, 4) is 17.2 Å². The number of aliphatic hydroxyl groups is 1. The number of Topliss-reactive ketones (excluding diaryl/α,β-unsaturated/α-hetero) is 1. The van der Waals surface area contributed by atoms with Crippen LogP contribution >= 0.6 is 11.3 Å². The zero-order chi connectivity index (χ0) is 34.5. The van der Waals surface area contributed by atoms with Crippen LogP contribution in [0.4, 0.5) is 5.13 Å². The van der Waals surface area contributed by atoms with Crippen LogP contribution in [-0.2, 0) is 20.9 Å². The zero-order valence-electron chi connectivity index (χ0n) is 27.7. The van der Waals surface area contributed by atoms with Crippen LogP contribution in [0.25, 0.3) is 5.76 Å². The number of aromatic nitrogens is 1. The molecule has 0 bridgehead atoms. The van der Waals surface area contributed by atoms with Crippen molar-refractivity contribution in [2.45, 2.75) is 46.8 Å². The highest BCUT2D eigenvalue weighted by Gasteiger charge is 2.48. The van der Waals surface area contributed by atoms with Crippen LogP contribution in [0.2, 0.25) is 0 Å². The van der Waals surface area contributed by atoms with Crippen molar-refractivity contribution in [1.29, 1.82) is 0 Å². The maximum atomic E-state index is 13.7. The predicted molar refractivity (Wildman–Crippen MR) is 183 cm³/mol. The lowest BCUT2D eigenvalue weighted by molar-refractivity contribution is -0.132. The van der Waals surface area contributed by atoms with Crippen LogP contribution in [0.15, 0.2) is 72.3 Å². The molecule has 250 valence electrons. The van der Waals surface area contributed by atoms with E-state index in [0.717, 1.165) is 28.9 Å². The van der Waals surface area contributed by atoms with Crippen molar-refractivity contribution in [3.63, 3.8) is 0 Å². The number of hydrogen-bond donors (Lipinski definition) is 1. The highest BCUT2D eigenvalue weighted by Crippen LogP contribution is 2.45. The number of aryl methyl sites for hydroxylation is 2. The normalized spacial score (nSPS) is 15.6. The number of ether oxygens (including phenoxy) is 4. The van der Waals surface area contributed by atoms with Crippen molar-refractivity contribution >= 4 is 39.9 Å². The third-order valence-electron chi connectivity index (χ3n) is 8.05. The molecule has 1 unspecified atom stereocenters. The van der Waals surface area contributed by atoms with Gasteiger partial charge in [-0.1, -0.05) is 55.5 Å². The van der Waals surface area contributed by atoms with Crippen molar-refractivity contribution in [1.82, 2.24) is 4.98 Å². The maximum Gasteiger partial charge on any atom is 0.350 e. The number of esters is 1. The monoisotopic (exact) mass is 670 g/mol. The van der Waals surface area contributed by atoms with Crippen molar-refractivity contribution in [3.05, 3.63) is 105 Å². The molecule has 11 heteroatoms. The topological polar surface area (TPSA) is 124 Å². The van der Waals surface area contributed by atoms with E-state index in [2.05, 4.69) is 18.8 Å². The van der Waals surface area contributed by atoms with Gasteiger partial charge in [0.25, 0.3) is 5.78 Å². The van der Waals surface area contributed by atoms with E-state index in [-0.39, 0.29) is 21.3 Å². The van der Waals surface area contributed by atoms with Gasteiger partial charge in [0.15, 0.2) is 16.6 Å². The van der Waals surface area contributed by atoms with E-state index in [1.807, 2.05) is 31.2 Å². The Bertz CT molecular complexity index is 1860. The van der Waals surface area contributed by atoms with Gasteiger partial charge in [-0.25, -0.2) is 9.78 Å². The van der Waals surface area contributed by atoms with Crippen LogP contribution in [0, 0.1) is 19.8 Å². The number of hydrogen-bond acceptors (Lipinski definition) is 10. The summed E-state index contributed by atoms with van der Waals surface area (Å²) in [7, 11) is 2.75. The zero-order valence-corrected chi connectivity index (χ0v) is 28.6. The average Bonchev–Trinajstić information content (AvgIpc) is 3.59. The first-order valence-corrected chi connectivity index (χ1v) is 16.3. The lowest BCUT2D eigenvalue weighted by atomic mass is 9.95. The smallest absolute Gasteiger partial charge is 0.350 e. The van der Waals surface area contributed by atoms with Crippen LogP contribution in [0.1, 0.15) is 63.9 Å². The molecule has 4 aromatic rings. The molecule has 0 aliphatic carbocycles. The number of amides is 1. The van der Waals surface area contributed by atoms with Gasteiger partial charge in [0.2, 0.25) is 0 Å². The molecular weight excluding hydrogens is 632 g/mol. The fourth-order valence-electron chi connectivity index (χ4n) is 5.29. The number of carbonyl (C=O) groups is 3. The molecule has 3 aromatic carbocycles. The third-order valence-corrected chi connectivity index (χ3v) is 9.18. The Morgan fingerprint density at radius 1 is 0.979 bits per heavy atom. The van der Waals surface area contributed by atoms with E-state index < -0.39 is 23.7 Å². The van der Waals surface area contributed by atoms with Gasteiger partial charge in [-0.15, -0.1) is 0 Å². The number of thiazole rings is 1. The summed E-state index contributed by atoms with van der Waals surface area (Å²) >= 11 is 0.927. The summed E-state index contributed by atoms with van der Waals surface area (Å²) in [6.45, 7) is 8.68. The second kappa shape index (κ2) is 14.7. The number of methoxy groups -OCH3 is 2. The van der Waals surface area contributed by atoms with E-state index in [4.69, 9.17) is 18.9 Å². The molecule has 2 heterocycles. The quantitative estimate of drug-likeness (QED) is 0.0722. The van der Waals surface area contributed by atoms with Gasteiger partial charge in [-0.05, 0) is 79.3 Å². The SMILES string of the molecule is COC(=O)c1sc(N2C(=O)C(=O)/C(=C(/O)c3ccc(OCc4ccccc4C)cc3)C2c2ccc(OCCC(C)C)c(OC)c2)nc1C. The fourth-order valence-corrected chi connectivity index (χ4v) is 6.30. The van der Waals surface area contributed by atoms with Crippen molar-refractivity contribution in [2.24, 2.45) is 5.92 Å². The minimum Gasteiger partial charge on any atom is -0.507 e. The molecule has 1 fully saturated rings. The molecule has 1 amide bonds. The molecule has 5 rings (SSSR count). The predicted octanol–water partition coefficient (Wildman–Crippen LogP) is 7.19. The van der Waals surface area contributed by atoms with E-state index in [0.29, 0.717) is 53.2 Å². The standard InChI is InChI=1S/C37H38N2O8S/c1-21(2)17-18-46-28-16-13-25(19-29(28)44-5)31-30(33(41)35(42)39(31)37-38-23(4)34(48-37)36(43)45-6)32(40)24-11-14-27(15-12-24)47-20-26-10-8-7-9-22(26)3/h7-16,19,21,31,40H,17-18,20H2,1-6H3/b32-30+. The van der Waals surface area contributed by atoms with Crippen molar-refractivity contribution in [2.75, 3.05) is 25.7 Å². The van der Waals surface area contributed by atoms with Gasteiger partial charge in [-0.2, -0.15) is 0 Å². The summed E-state index contributed by atoms with van der Waals surface area (Å²) in [6.07, 6.45) is 0.840. The molecule has 10 nitrogen and oxygen atoms in total. The van der Waals surface area contributed by atoms with Gasteiger partial charge < -0.3 is 24.1 Å². The lowest BCUT2D eigenvalue weighted by Gasteiger charge is -2.24. The van der Waals surface area contributed by atoms with Gasteiger partial charge >= 0.3 is 11.9 Å². The second-order valence-electron chi connectivity index (χ2n) is 11.8. The molecule has 0 spiro atoms. The molecule has 1 aliphatic heterocycles. The van der Waals surface area contributed by atoms with Gasteiger partial charge in [0, 0.05) is 5.56 Å². The first-order chi connectivity index (χ1) is 23.0. The third kappa shape index (κ3) is 7.06. The molecular formula is C37H38N2O8S. The number of anilines is 1. The first kappa shape index (κ1) is 34.2. The number of carbonyl (C=O) groups excluding carboxylic acids is 3. The number of ketones is 1. The molecule has 48 heavy (non-hydrogen) atoms. The Labute approximate surface area is 283 Å². The number of aliphatic hydroxyl groups excluding tert-OH is 1. The molecule has 1 saturated heterocycles. The highest BCUT2D eigenvalue weighted by molar-refractivity contribution is 7.17. The Balaban J connectivity index is 1.56. The largest absolute Gasteiger partial charge is 0.507 e. The molecule has 1 aliphatic rings. The minimum absolute atomic E-state index is 0.107. The molecule has 1 N–H and O–H groups in total. The Morgan fingerprint density at radius 2 is 1.71 bits per heavy atom. The van der Waals surface area contributed by atoms with Gasteiger partial charge in [0.1, 0.15) is 23.0 Å². The van der Waals surface area contributed by atoms with E-state index >= 15 is 0 Å².